The Bertz CT molecular complexity index is 608. The molecule has 1 heterocycles. The van der Waals surface area contributed by atoms with Gasteiger partial charge in [-0.3, -0.25) is 0 Å². The maximum absolute atomic E-state index is 11.8. The second-order valence-corrected chi connectivity index (χ2v) is 13.4. The molecule has 1 aromatic heterocycles. The molecule has 0 aliphatic heterocycles. The monoisotopic (exact) mass is 426 g/mol. The van der Waals surface area contributed by atoms with Gasteiger partial charge in [0.15, 0.2) is 14.4 Å². The van der Waals surface area contributed by atoms with Crippen molar-refractivity contribution in [1.82, 2.24) is 10.3 Å². The third kappa shape index (κ3) is 6.71. The number of hydrogen-bond acceptors (Lipinski definition) is 5. The molecule has 0 saturated carbocycles. The Morgan fingerprint density at radius 2 is 1.89 bits per heavy atom. The number of nitrogens with one attached hydrogen (secondary N) is 1. The Balaban J connectivity index is 3.18. The Morgan fingerprint density at radius 1 is 1.29 bits per heavy atom. The van der Waals surface area contributed by atoms with Crippen molar-refractivity contribution in [3.63, 3.8) is 0 Å². The van der Waals surface area contributed by atoms with Gasteiger partial charge in [0.05, 0.1) is 11.8 Å². The van der Waals surface area contributed by atoms with Crippen LogP contribution in [0.2, 0.25) is 18.1 Å². The lowest BCUT2D eigenvalue weighted by Gasteiger charge is -2.34. The molecular weight excluding hydrogens is 388 g/mol. The fraction of sp³-hybridized carbons (Fsp3) is 0.714. The Hall–Kier alpha value is -1.18. The molecule has 1 aromatic rings. The highest BCUT2D eigenvalue weighted by Gasteiger charge is 2.35. The van der Waals surface area contributed by atoms with Gasteiger partial charge in [-0.15, -0.1) is 17.9 Å². The first-order valence-corrected chi connectivity index (χ1v) is 13.8. The van der Waals surface area contributed by atoms with Gasteiger partial charge in [0.1, 0.15) is 5.01 Å². The second kappa shape index (κ2) is 11.7. The largest absolute Gasteiger partial charge is 0.439 e. The van der Waals surface area contributed by atoms with Crippen molar-refractivity contribution in [2.24, 2.45) is 11.8 Å². The third-order valence-corrected chi connectivity index (χ3v) is 11.0. The van der Waals surface area contributed by atoms with Gasteiger partial charge in [0.25, 0.3) is 0 Å². The van der Waals surface area contributed by atoms with Crippen molar-refractivity contribution < 1.29 is 14.0 Å². The fourth-order valence-electron chi connectivity index (χ4n) is 3.22. The lowest BCUT2D eigenvalue weighted by molar-refractivity contribution is 0.0860. The highest BCUT2D eigenvalue weighted by atomic mass is 32.1. The molecule has 0 saturated heterocycles. The van der Waals surface area contributed by atoms with Crippen LogP contribution in [0.3, 0.4) is 0 Å². The number of hydrogen-bond donors (Lipinski definition) is 1. The van der Waals surface area contributed by atoms with Gasteiger partial charge in [-0.25, -0.2) is 9.78 Å². The summed E-state index contributed by atoms with van der Waals surface area (Å²) in [6.07, 6.45) is 1.80. The average Bonchev–Trinajstić information content (AvgIpc) is 3.18. The van der Waals surface area contributed by atoms with Crippen molar-refractivity contribution in [3.05, 3.63) is 28.7 Å². The van der Waals surface area contributed by atoms with Crippen molar-refractivity contribution in [1.29, 1.82) is 0 Å². The maximum atomic E-state index is 11.8. The fourth-order valence-corrected chi connectivity index (χ4v) is 6.98. The van der Waals surface area contributed by atoms with Crippen molar-refractivity contribution in [3.8, 4) is 0 Å². The van der Waals surface area contributed by atoms with Gasteiger partial charge in [-0.05, 0) is 30.5 Å². The van der Waals surface area contributed by atoms with Crippen LogP contribution in [0.4, 0.5) is 4.79 Å². The number of nitrogens with zero attached hydrogens (tertiary/aromatic N) is 1. The van der Waals surface area contributed by atoms with Crippen LogP contribution in [0.15, 0.2) is 18.0 Å². The zero-order valence-electron chi connectivity index (χ0n) is 18.6. The second-order valence-electron chi connectivity index (χ2n) is 7.76. The number of thiazole rings is 1. The lowest BCUT2D eigenvalue weighted by atomic mass is 10.0. The van der Waals surface area contributed by atoms with Crippen LogP contribution in [0.5, 0.6) is 0 Å². The van der Waals surface area contributed by atoms with Gasteiger partial charge in [0.2, 0.25) is 0 Å². The number of alkyl carbamates (subject to hydrolysis) is 1. The predicted octanol–water partition coefficient (Wildman–Crippen LogP) is 6.47. The molecule has 0 radical (unpaired) electrons. The van der Waals surface area contributed by atoms with E-state index in [9.17, 15) is 4.79 Å². The molecule has 0 aliphatic rings. The maximum Gasteiger partial charge on any atom is 0.407 e. The molecule has 0 fully saturated rings. The minimum atomic E-state index is -1.80. The van der Waals surface area contributed by atoms with E-state index in [0.717, 1.165) is 35.3 Å². The van der Waals surface area contributed by atoms with Crippen molar-refractivity contribution in [2.75, 3.05) is 7.05 Å². The molecule has 0 spiro atoms. The van der Waals surface area contributed by atoms with Crippen LogP contribution in [-0.4, -0.2) is 26.4 Å². The summed E-state index contributed by atoms with van der Waals surface area (Å²) in [5.41, 5.74) is 0.925. The van der Waals surface area contributed by atoms with E-state index in [0.29, 0.717) is 5.92 Å². The summed E-state index contributed by atoms with van der Waals surface area (Å²) in [5, 5.41) is 5.42. The molecule has 0 aromatic carbocycles. The normalized spacial score (nSPS) is 15.1. The Morgan fingerprint density at radius 3 is 2.36 bits per heavy atom. The van der Waals surface area contributed by atoms with E-state index in [-0.39, 0.29) is 18.1 Å². The Kier molecular flexibility index (Phi) is 10.4. The minimum absolute atomic E-state index is 0.103. The van der Waals surface area contributed by atoms with Gasteiger partial charge < -0.3 is 14.5 Å². The summed E-state index contributed by atoms with van der Waals surface area (Å²) >= 11 is 1.54. The van der Waals surface area contributed by atoms with Gasteiger partial charge in [0, 0.05) is 18.3 Å². The van der Waals surface area contributed by atoms with Crippen LogP contribution >= 0.6 is 11.3 Å². The summed E-state index contributed by atoms with van der Waals surface area (Å²) in [6.45, 7) is 17.0. The summed E-state index contributed by atoms with van der Waals surface area (Å²) in [4.78, 5) is 16.7. The molecule has 5 nitrogen and oxygen atoms in total. The van der Waals surface area contributed by atoms with Gasteiger partial charge in [-0.1, -0.05) is 47.6 Å². The third-order valence-electron chi connectivity index (χ3n) is 5.40. The molecule has 1 rings (SSSR count). The van der Waals surface area contributed by atoms with E-state index in [4.69, 9.17) is 14.1 Å². The smallest absolute Gasteiger partial charge is 0.407 e. The molecular formula is C21H38N2O3SSi. The zero-order chi connectivity index (χ0) is 21.3. The summed E-state index contributed by atoms with van der Waals surface area (Å²) in [6, 6.07) is 3.27. The van der Waals surface area contributed by atoms with E-state index in [1.807, 2.05) is 6.08 Å². The van der Waals surface area contributed by atoms with Crippen LogP contribution in [0, 0.1) is 11.8 Å². The highest BCUT2D eigenvalue weighted by molar-refractivity contribution is 7.09. The molecule has 28 heavy (non-hydrogen) atoms. The topological polar surface area (TPSA) is 60.5 Å². The first-order chi connectivity index (χ1) is 13.2. The quantitative estimate of drug-likeness (QED) is 0.307. The number of amides is 1. The predicted molar refractivity (Wildman–Crippen MR) is 120 cm³/mol. The molecule has 160 valence electrons. The lowest BCUT2D eigenvalue weighted by Crippen LogP contribution is -2.38. The number of rotatable bonds is 12. The summed E-state index contributed by atoms with van der Waals surface area (Å²) in [7, 11) is -0.225. The van der Waals surface area contributed by atoms with Crippen LogP contribution < -0.4 is 5.32 Å². The molecule has 3 atom stereocenters. The van der Waals surface area contributed by atoms with Crippen molar-refractivity contribution >= 4 is 25.7 Å². The minimum Gasteiger partial charge on any atom is -0.439 e. The van der Waals surface area contributed by atoms with Crippen LogP contribution in [-0.2, 0) is 9.16 Å². The zero-order valence-corrected chi connectivity index (χ0v) is 20.4. The number of ether oxygens (including phenoxy) is 1. The van der Waals surface area contributed by atoms with Gasteiger partial charge >= 0.3 is 6.09 Å². The van der Waals surface area contributed by atoms with Crippen LogP contribution in [0.1, 0.15) is 70.9 Å². The van der Waals surface area contributed by atoms with Crippen LogP contribution in [0.25, 0.3) is 0 Å². The van der Waals surface area contributed by atoms with E-state index in [1.54, 1.807) is 18.4 Å². The van der Waals surface area contributed by atoms with Crippen molar-refractivity contribution in [2.45, 2.75) is 78.3 Å². The van der Waals surface area contributed by atoms with Gasteiger partial charge in [-0.2, -0.15) is 0 Å². The number of carbonyl (C=O) groups is 1. The van der Waals surface area contributed by atoms with E-state index < -0.39 is 14.4 Å². The summed E-state index contributed by atoms with van der Waals surface area (Å²) < 4.78 is 12.4. The molecule has 1 amide bonds. The molecule has 1 N–H and O–H groups in total. The highest BCUT2D eigenvalue weighted by Crippen LogP contribution is 2.37. The first-order valence-electron chi connectivity index (χ1n) is 10.4. The average molecular weight is 427 g/mol. The SMILES string of the molecule is C=C[C@H](C)[C@H](O[Si](CC)(CC)CC)c1csc([C@H](CC(C)C)OC(=O)NC)n1. The molecule has 0 aliphatic carbocycles. The number of carbonyl (C=O) groups excluding carboxylic acids is 1. The molecule has 7 heteroatoms. The Labute approximate surface area is 176 Å². The van der Waals surface area contributed by atoms with E-state index in [2.05, 4.69) is 58.8 Å². The first kappa shape index (κ1) is 24.9. The van der Waals surface area contributed by atoms with E-state index in [1.165, 1.54) is 0 Å². The molecule has 0 bridgehead atoms. The molecule has 0 unspecified atom stereocenters. The summed E-state index contributed by atoms with van der Waals surface area (Å²) in [5.74, 6) is 0.552. The van der Waals surface area contributed by atoms with E-state index >= 15 is 0 Å². The number of aromatic nitrogens is 1. The standard InChI is InChI=1S/C21H38N2O3SSi/c1-9-16(7)19(26-28(10-2,11-3)12-4)17-14-27-20(23-17)18(13-15(5)6)25-21(24)22-8/h9,14-16,18-19H,1,10-13H2,2-8H3,(H,22,24)/t16-,18-,19-/m0/s1.